The summed E-state index contributed by atoms with van der Waals surface area (Å²) in [7, 11) is 0. The topological polar surface area (TPSA) is 83.8 Å². The highest BCUT2D eigenvalue weighted by atomic mass is 16.5. The first kappa shape index (κ1) is 16.8. The summed E-state index contributed by atoms with van der Waals surface area (Å²) in [6, 6.07) is 2.37. The van der Waals surface area contributed by atoms with Gasteiger partial charge in [0, 0.05) is 18.9 Å². The van der Waals surface area contributed by atoms with Crippen molar-refractivity contribution in [2.24, 2.45) is 0 Å². The number of esters is 1. The molecular formula is C18H20O5. The fourth-order valence-electron chi connectivity index (χ4n) is 2.39. The van der Waals surface area contributed by atoms with Crippen LogP contribution < -0.4 is 0 Å². The third-order valence-electron chi connectivity index (χ3n) is 3.50. The molecular weight excluding hydrogens is 296 g/mol. The van der Waals surface area contributed by atoms with Crippen molar-refractivity contribution in [2.45, 2.75) is 38.7 Å². The van der Waals surface area contributed by atoms with Crippen LogP contribution in [0.1, 0.15) is 42.1 Å². The van der Waals surface area contributed by atoms with Gasteiger partial charge in [0.25, 0.3) is 0 Å². The predicted octanol–water partition coefficient (Wildman–Crippen LogP) is 3.05. The van der Waals surface area contributed by atoms with E-state index in [1.165, 1.54) is 12.1 Å². The number of phenols is 2. The molecule has 5 heteroatoms. The zero-order valence-corrected chi connectivity index (χ0v) is 13.0. The van der Waals surface area contributed by atoms with Gasteiger partial charge in [-0.05, 0) is 37.5 Å². The third-order valence-corrected chi connectivity index (χ3v) is 3.50. The first-order valence-corrected chi connectivity index (χ1v) is 7.57. The van der Waals surface area contributed by atoms with Crippen LogP contribution >= 0.6 is 0 Å². The van der Waals surface area contributed by atoms with Crippen molar-refractivity contribution >= 4 is 11.8 Å². The van der Waals surface area contributed by atoms with Gasteiger partial charge in [0.1, 0.15) is 23.2 Å². The summed E-state index contributed by atoms with van der Waals surface area (Å²) in [5.41, 5.74) is 0.180. The highest BCUT2D eigenvalue weighted by Crippen LogP contribution is 2.29. The number of allylic oxidation sites excluding steroid dienone is 3. The molecule has 0 radical (unpaired) electrons. The van der Waals surface area contributed by atoms with Crippen LogP contribution in [0.25, 0.3) is 0 Å². The lowest BCUT2D eigenvalue weighted by Crippen LogP contribution is -2.17. The van der Waals surface area contributed by atoms with Crippen molar-refractivity contribution in [3.63, 3.8) is 0 Å². The Hall–Kier alpha value is -2.56. The largest absolute Gasteiger partial charge is 0.508 e. The number of benzene rings is 1. The molecule has 1 aliphatic heterocycles. The summed E-state index contributed by atoms with van der Waals surface area (Å²) in [4.78, 5) is 24.3. The average Bonchev–Trinajstić information content (AvgIpc) is 2.44. The van der Waals surface area contributed by atoms with Gasteiger partial charge >= 0.3 is 5.97 Å². The minimum Gasteiger partial charge on any atom is -0.508 e. The Morgan fingerprint density at radius 1 is 1.09 bits per heavy atom. The van der Waals surface area contributed by atoms with E-state index in [2.05, 4.69) is 0 Å². The van der Waals surface area contributed by atoms with Crippen LogP contribution in [0.2, 0.25) is 0 Å². The molecule has 1 heterocycles. The maximum absolute atomic E-state index is 12.3. The number of cyclic esters (lactones) is 1. The van der Waals surface area contributed by atoms with Gasteiger partial charge in [0.15, 0.2) is 5.78 Å². The summed E-state index contributed by atoms with van der Waals surface area (Å²) in [6.07, 6.45) is 8.83. The van der Waals surface area contributed by atoms with Crippen molar-refractivity contribution in [3.8, 4) is 11.5 Å². The van der Waals surface area contributed by atoms with Crippen molar-refractivity contribution in [1.29, 1.82) is 0 Å². The van der Waals surface area contributed by atoms with Crippen LogP contribution in [0.5, 0.6) is 11.5 Å². The van der Waals surface area contributed by atoms with Gasteiger partial charge in [-0.25, -0.2) is 4.79 Å². The molecule has 5 nitrogen and oxygen atoms in total. The van der Waals surface area contributed by atoms with E-state index in [9.17, 15) is 19.8 Å². The second kappa shape index (κ2) is 7.63. The molecule has 0 unspecified atom stereocenters. The first-order chi connectivity index (χ1) is 11.0. The SMILES string of the molecule is C[C@@H]1C/C=C/CCC=CC(=O)Cc2cc(O)cc(O)c2C(=O)O1. The lowest BCUT2D eigenvalue weighted by atomic mass is 10.00. The average molecular weight is 316 g/mol. The van der Waals surface area contributed by atoms with Crippen molar-refractivity contribution in [3.05, 3.63) is 47.6 Å². The van der Waals surface area contributed by atoms with Crippen molar-refractivity contribution in [2.75, 3.05) is 0 Å². The van der Waals surface area contributed by atoms with Gasteiger partial charge in [-0.15, -0.1) is 0 Å². The van der Waals surface area contributed by atoms with Gasteiger partial charge in [-0.1, -0.05) is 18.2 Å². The molecule has 122 valence electrons. The number of phenolic OH excluding ortho intramolecular Hbond substituents is 2. The van der Waals surface area contributed by atoms with Gasteiger partial charge in [-0.2, -0.15) is 0 Å². The zero-order chi connectivity index (χ0) is 16.8. The lowest BCUT2D eigenvalue weighted by molar-refractivity contribution is -0.114. The molecule has 0 amide bonds. The standard InChI is InChI=1S/C18H20O5/c1-12-7-5-3-2-4-6-8-14(19)9-13-10-15(20)11-16(21)17(13)18(22)23-12/h3,5-6,8,10-12,20-21H,2,4,7,9H2,1H3/b5-3+,8-6?/t12-/m1/s1. The molecule has 1 aromatic carbocycles. The second-order valence-corrected chi connectivity index (χ2v) is 5.54. The number of fused-ring (bicyclic) bond motifs is 1. The van der Waals surface area contributed by atoms with Crippen molar-refractivity contribution < 1.29 is 24.5 Å². The quantitative estimate of drug-likeness (QED) is 0.568. The molecule has 0 spiro atoms. The highest BCUT2D eigenvalue weighted by Gasteiger charge is 2.22. The Morgan fingerprint density at radius 3 is 2.61 bits per heavy atom. The maximum Gasteiger partial charge on any atom is 0.342 e. The Bertz CT molecular complexity index is 658. The van der Waals surface area contributed by atoms with E-state index >= 15 is 0 Å². The Kier molecular flexibility index (Phi) is 5.57. The van der Waals surface area contributed by atoms with E-state index in [4.69, 9.17) is 4.74 Å². The molecule has 23 heavy (non-hydrogen) atoms. The van der Waals surface area contributed by atoms with E-state index in [-0.39, 0.29) is 35.2 Å². The van der Waals surface area contributed by atoms with Gasteiger partial charge in [0.05, 0.1) is 0 Å². The number of aromatic hydroxyl groups is 2. The van der Waals surface area contributed by atoms with Crippen LogP contribution in [0, 0.1) is 0 Å². The molecule has 0 fully saturated rings. The predicted molar refractivity (Wildman–Crippen MR) is 85.5 cm³/mol. The first-order valence-electron chi connectivity index (χ1n) is 7.57. The van der Waals surface area contributed by atoms with E-state index in [0.717, 1.165) is 18.9 Å². The molecule has 0 saturated heterocycles. The Balaban J connectivity index is 2.40. The number of ketones is 1. The summed E-state index contributed by atoms with van der Waals surface area (Å²) in [5.74, 6) is -1.51. The van der Waals surface area contributed by atoms with Crippen LogP contribution in [-0.2, 0) is 16.0 Å². The van der Waals surface area contributed by atoms with E-state index in [1.807, 2.05) is 12.2 Å². The fourth-order valence-corrected chi connectivity index (χ4v) is 2.39. The molecule has 2 N–H and O–H groups in total. The molecule has 0 aromatic heterocycles. The number of carbonyl (C=O) groups is 2. The van der Waals surface area contributed by atoms with Gasteiger partial charge < -0.3 is 14.9 Å². The minimum absolute atomic E-state index is 0.0718. The van der Waals surface area contributed by atoms with Gasteiger partial charge in [-0.3, -0.25) is 4.79 Å². The molecule has 2 rings (SSSR count). The number of carbonyl (C=O) groups excluding carboxylic acids is 2. The maximum atomic E-state index is 12.3. The van der Waals surface area contributed by atoms with Crippen LogP contribution in [-0.4, -0.2) is 28.1 Å². The monoisotopic (exact) mass is 316 g/mol. The van der Waals surface area contributed by atoms with Crippen molar-refractivity contribution in [1.82, 2.24) is 0 Å². The van der Waals surface area contributed by atoms with Crippen LogP contribution in [0.3, 0.4) is 0 Å². The molecule has 1 aromatic rings. The summed E-state index contributed by atoms with van der Waals surface area (Å²) in [6.45, 7) is 1.76. The van der Waals surface area contributed by atoms with Crippen LogP contribution in [0.4, 0.5) is 0 Å². The lowest BCUT2D eigenvalue weighted by Gasteiger charge is -2.15. The number of hydrogen-bond acceptors (Lipinski definition) is 5. The molecule has 0 saturated carbocycles. The zero-order valence-electron chi connectivity index (χ0n) is 13.0. The Labute approximate surface area is 134 Å². The third kappa shape index (κ3) is 4.71. The molecule has 0 aliphatic carbocycles. The molecule has 1 atom stereocenters. The highest BCUT2D eigenvalue weighted by molar-refractivity contribution is 5.98. The van der Waals surface area contributed by atoms with E-state index in [0.29, 0.717) is 6.42 Å². The number of rotatable bonds is 0. The van der Waals surface area contributed by atoms with Crippen LogP contribution in [0.15, 0.2) is 36.4 Å². The number of ether oxygens (including phenoxy) is 1. The minimum atomic E-state index is -0.702. The smallest absolute Gasteiger partial charge is 0.342 e. The van der Waals surface area contributed by atoms with E-state index < -0.39 is 11.7 Å². The fraction of sp³-hybridized carbons (Fsp3) is 0.333. The van der Waals surface area contributed by atoms with Gasteiger partial charge in [0.2, 0.25) is 0 Å². The van der Waals surface area contributed by atoms with E-state index in [1.54, 1.807) is 13.0 Å². The summed E-state index contributed by atoms with van der Waals surface area (Å²) in [5, 5.41) is 19.6. The normalized spacial score (nSPS) is 21.2. The number of hydrogen-bond donors (Lipinski definition) is 2. The second-order valence-electron chi connectivity index (χ2n) is 5.54. The summed E-state index contributed by atoms with van der Waals surface area (Å²) < 4.78 is 5.32. The Morgan fingerprint density at radius 2 is 1.83 bits per heavy atom. The molecule has 1 aliphatic rings. The molecule has 0 bridgehead atoms. The summed E-state index contributed by atoms with van der Waals surface area (Å²) >= 11 is 0.